The lowest BCUT2D eigenvalue weighted by atomic mass is 10.0. The average molecular weight is 429 g/mol. The number of aryl methyl sites for hydroxylation is 2. The molecule has 0 amide bonds. The van der Waals surface area contributed by atoms with Gasteiger partial charge in [-0.05, 0) is 91.7 Å². The van der Waals surface area contributed by atoms with Gasteiger partial charge < -0.3 is 0 Å². The molecule has 1 heteroatoms. The van der Waals surface area contributed by atoms with E-state index in [9.17, 15) is 4.39 Å². The van der Waals surface area contributed by atoms with E-state index in [0.717, 1.165) is 40.5 Å². The van der Waals surface area contributed by atoms with Crippen LogP contribution in [0.1, 0.15) is 46.7 Å². The third-order valence-electron chi connectivity index (χ3n) is 5.52. The topological polar surface area (TPSA) is 0 Å². The normalized spacial score (nSPS) is 10.5. The van der Waals surface area contributed by atoms with E-state index in [4.69, 9.17) is 0 Å². The second-order valence-electron chi connectivity index (χ2n) is 8.01. The number of allylic oxidation sites excluding steroid dienone is 2. The van der Waals surface area contributed by atoms with Crippen LogP contribution in [0.5, 0.6) is 0 Å². The van der Waals surface area contributed by atoms with E-state index in [0.29, 0.717) is 10.9 Å². The van der Waals surface area contributed by atoms with Gasteiger partial charge in [0.1, 0.15) is 5.82 Å². The van der Waals surface area contributed by atoms with Crippen LogP contribution in [-0.4, -0.2) is 0 Å². The molecule has 0 aliphatic carbocycles. The van der Waals surface area contributed by atoms with Gasteiger partial charge >= 0.3 is 0 Å². The molecule has 4 rings (SSSR count). The van der Waals surface area contributed by atoms with Gasteiger partial charge in [0.15, 0.2) is 0 Å². The second-order valence-corrected chi connectivity index (χ2v) is 8.01. The lowest BCUT2D eigenvalue weighted by Gasteiger charge is -2.03. The van der Waals surface area contributed by atoms with Gasteiger partial charge in [-0.3, -0.25) is 0 Å². The highest BCUT2D eigenvalue weighted by Gasteiger charge is 2.03. The summed E-state index contributed by atoms with van der Waals surface area (Å²) in [6, 6.07) is 25.7. The number of fused-ring (bicyclic) bond motifs is 1. The van der Waals surface area contributed by atoms with Crippen LogP contribution in [0.3, 0.4) is 0 Å². The number of halogens is 1. The Bertz CT molecular complexity index is 1410. The molecule has 160 valence electrons. The van der Waals surface area contributed by atoms with Crippen LogP contribution in [0, 0.1) is 36.4 Å². The summed E-state index contributed by atoms with van der Waals surface area (Å²) in [4.78, 5) is 0. The van der Waals surface area contributed by atoms with Crippen molar-refractivity contribution in [3.05, 3.63) is 130 Å². The fourth-order valence-corrected chi connectivity index (χ4v) is 3.58. The highest BCUT2D eigenvalue weighted by Crippen LogP contribution is 2.21. The molecule has 33 heavy (non-hydrogen) atoms. The summed E-state index contributed by atoms with van der Waals surface area (Å²) in [5.74, 6) is 12.6. The minimum absolute atomic E-state index is 0.163. The maximum Gasteiger partial charge on any atom is 0.133 e. The Morgan fingerprint density at radius 1 is 0.697 bits per heavy atom. The van der Waals surface area contributed by atoms with Crippen molar-refractivity contribution in [2.45, 2.75) is 26.7 Å². The highest BCUT2D eigenvalue weighted by atomic mass is 19.1. The molecule has 0 N–H and O–H groups in total. The Kier molecular flexibility index (Phi) is 7.04. The van der Waals surface area contributed by atoms with E-state index in [1.165, 1.54) is 5.56 Å². The fraction of sp³-hybridized carbons (Fsp3) is 0.125. The number of rotatable bonds is 3. The van der Waals surface area contributed by atoms with E-state index in [2.05, 4.69) is 60.1 Å². The molecule has 0 fully saturated rings. The van der Waals surface area contributed by atoms with Crippen LogP contribution >= 0.6 is 0 Å². The van der Waals surface area contributed by atoms with E-state index < -0.39 is 0 Å². The smallest absolute Gasteiger partial charge is 0.133 e. The zero-order valence-electron chi connectivity index (χ0n) is 19.0. The molecule has 0 radical (unpaired) electrons. The number of hydrogen-bond donors (Lipinski definition) is 0. The molecule has 0 nitrogen and oxygen atoms in total. The van der Waals surface area contributed by atoms with Crippen molar-refractivity contribution in [3.63, 3.8) is 0 Å². The van der Waals surface area contributed by atoms with Crippen molar-refractivity contribution < 1.29 is 4.39 Å². The van der Waals surface area contributed by atoms with Crippen molar-refractivity contribution >= 4 is 10.8 Å². The molecule has 4 aromatic rings. The van der Waals surface area contributed by atoms with Crippen LogP contribution in [-0.2, 0) is 6.42 Å². The predicted octanol–water partition coefficient (Wildman–Crippen LogP) is 7.60. The molecule has 0 aromatic heterocycles. The Morgan fingerprint density at radius 3 is 1.85 bits per heavy atom. The number of hydrogen-bond acceptors (Lipinski definition) is 0. The Morgan fingerprint density at radius 2 is 1.24 bits per heavy atom. The Labute approximate surface area is 195 Å². The van der Waals surface area contributed by atoms with Crippen LogP contribution in [0.2, 0.25) is 0 Å². The average Bonchev–Trinajstić information content (AvgIpc) is 2.85. The molecular formula is C32H25F. The van der Waals surface area contributed by atoms with Gasteiger partial charge in [0.2, 0.25) is 0 Å². The van der Waals surface area contributed by atoms with Gasteiger partial charge in [0.05, 0.1) is 0 Å². The van der Waals surface area contributed by atoms with E-state index in [1.807, 2.05) is 49.4 Å². The fourth-order valence-electron chi connectivity index (χ4n) is 3.58. The molecule has 0 bridgehead atoms. The van der Waals surface area contributed by atoms with Gasteiger partial charge in [-0.25, -0.2) is 4.39 Å². The van der Waals surface area contributed by atoms with Crippen molar-refractivity contribution in [2.24, 2.45) is 0 Å². The maximum absolute atomic E-state index is 14.2. The van der Waals surface area contributed by atoms with Gasteiger partial charge in [-0.15, -0.1) is 0 Å². The quantitative estimate of drug-likeness (QED) is 0.233. The molecule has 0 spiro atoms. The largest absolute Gasteiger partial charge is 0.206 e. The van der Waals surface area contributed by atoms with Crippen LogP contribution in [0.25, 0.3) is 10.8 Å². The van der Waals surface area contributed by atoms with Gasteiger partial charge in [-0.1, -0.05) is 66.2 Å². The summed E-state index contributed by atoms with van der Waals surface area (Å²) in [7, 11) is 0. The SMILES string of the molecule is C/C=C/CCc1ccc(C#Cc2ccc(C#Cc3ccc4c(F)c(C)ccc4c3)cc2)cc1. The molecule has 4 aromatic carbocycles. The first-order valence-corrected chi connectivity index (χ1v) is 11.2. The molecule has 0 saturated heterocycles. The van der Waals surface area contributed by atoms with Crippen molar-refractivity contribution in [1.29, 1.82) is 0 Å². The molecule has 0 unspecified atom stereocenters. The first kappa shape index (κ1) is 22.1. The van der Waals surface area contributed by atoms with Crippen molar-refractivity contribution in [3.8, 4) is 23.7 Å². The summed E-state index contributed by atoms with van der Waals surface area (Å²) >= 11 is 0. The van der Waals surface area contributed by atoms with Gasteiger partial charge in [0, 0.05) is 27.6 Å². The van der Waals surface area contributed by atoms with E-state index >= 15 is 0 Å². The molecule has 0 heterocycles. The van der Waals surface area contributed by atoms with Crippen LogP contribution in [0.15, 0.2) is 91.0 Å². The monoisotopic (exact) mass is 428 g/mol. The molecule has 0 atom stereocenters. The predicted molar refractivity (Wildman–Crippen MR) is 137 cm³/mol. The Hall–Kier alpha value is -4.07. The summed E-state index contributed by atoms with van der Waals surface area (Å²) in [6.45, 7) is 3.83. The molecular weight excluding hydrogens is 403 g/mol. The summed E-state index contributed by atoms with van der Waals surface area (Å²) in [5, 5.41) is 1.49. The van der Waals surface area contributed by atoms with E-state index in [-0.39, 0.29) is 5.82 Å². The zero-order valence-corrected chi connectivity index (χ0v) is 19.0. The first-order chi connectivity index (χ1) is 16.1. The molecule has 0 saturated carbocycles. The third-order valence-corrected chi connectivity index (χ3v) is 5.52. The summed E-state index contributed by atoms with van der Waals surface area (Å²) < 4.78 is 14.2. The minimum atomic E-state index is -0.163. The second kappa shape index (κ2) is 10.5. The number of benzene rings is 4. The lowest BCUT2D eigenvalue weighted by molar-refractivity contribution is 0.631. The highest BCUT2D eigenvalue weighted by molar-refractivity contribution is 5.85. The lowest BCUT2D eigenvalue weighted by Crippen LogP contribution is -1.86. The molecule has 0 aliphatic rings. The summed E-state index contributed by atoms with van der Waals surface area (Å²) in [6.07, 6.45) is 6.39. The summed E-state index contributed by atoms with van der Waals surface area (Å²) in [5.41, 5.74) is 5.73. The van der Waals surface area contributed by atoms with E-state index in [1.54, 1.807) is 19.1 Å². The molecule has 0 aliphatic heterocycles. The van der Waals surface area contributed by atoms with Crippen LogP contribution in [0.4, 0.5) is 4.39 Å². The zero-order chi connectivity index (χ0) is 23.0. The van der Waals surface area contributed by atoms with Crippen molar-refractivity contribution in [1.82, 2.24) is 0 Å². The standard InChI is InChI=1S/C32H25F/c1-3-4-5-6-25-8-10-26(11-9-25)12-13-27-14-16-28(17-15-27)18-19-29-20-22-31-30(23-29)21-7-24(2)32(31)33/h3-4,7-11,14-17,20-23H,5-6H2,1-2H3/b4-3+. The third kappa shape index (κ3) is 5.79. The van der Waals surface area contributed by atoms with Gasteiger partial charge in [-0.2, -0.15) is 0 Å². The first-order valence-electron chi connectivity index (χ1n) is 11.2. The van der Waals surface area contributed by atoms with Crippen LogP contribution < -0.4 is 0 Å². The Balaban J connectivity index is 1.43. The van der Waals surface area contributed by atoms with Gasteiger partial charge in [0.25, 0.3) is 0 Å². The minimum Gasteiger partial charge on any atom is -0.206 e. The van der Waals surface area contributed by atoms with Crippen molar-refractivity contribution in [2.75, 3.05) is 0 Å². The maximum atomic E-state index is 14.2.